The molecule has 0 aromatic carbocycles. The van der Waals surface area contributed by atoms with Crippen molar-refractivity contribution in [3.05, 3.63) is 0 Å². The molecule has 1 unspecified atom stereocenters. The van der Waals surface area contributed by atoms with Gasteiger partial charge in [0.2, 0.25) is 0 Å². The van der Waals surface area contributed by atoms with Crippen LogP contribution in [0.3, 0.4) is 0 Å². The molecule has 1 atom stereocenters. The molecule has 0 aliphatic rings. The lowest BCUT2D eigenvalue weighted by atomic mass is 10.2. The predicted octanol–water partition coefficient (Wildman–Crippen LogP) is 1.82. The van der Waals surface area contributed by atoms with Gasteiger partial charge in [0, 0.05) is 13.7 Å². The lowest BCUT2D eigenvalue weighted by molar-refractivity contribution is 0.00764. The molecule has 3 nitrogen and oxygen atoms in total. The summed E-state index contributed by atoms with van der Waals surface area (Å²) in [6, 6.07) is 0. The zero-order chi connectivity index (χ0) is 10.6. The molecule has 0 bridgehead atoms. The number of methoxy groups -OCH3 is 1. The van der Waals surface area contributed by atoms with Crippen LogP contribution >= 0.6 is 0 Å². The van der Waals surface area contributed by atoms with E-state index in [9.17, 15) is 0 Å². The number of hydrogen-bond donors (Lipinski definition) is 1. The van der Waals surface area contributed by atoms with E-state index in [-0.39, 0.29) is 6.10 Å². The van der Waals surface area contributed by atoms with Crippen molar-refractivity contribution in [3.63, 3.8) is 0 Å². The van der Waals surface area contributed by atoms with E-state index in [1.165, 1.54) is 19.3 Å². The second kappa shape index (κ2) is 11.0. The smallest absolute Gasteiger partial charge is 0.0780 e. The van der Waals surface area contributed by atoms with E-state index in [0.29, 0.717) is 6.61 Å². The third-order valence-corrected chi connectivity index (χ3v) is 2.12. The van der Waals surface area contributed by atoms with Crippen molar-refractivity contribution in [1.29, 1.82) is 0 Å². The largest absolute Gasteiger partial charge is 0.382 e. The van der Waals surface area contributed by atoms with Crippen molar-refractivity contribution in [2.45, 2.75) is 38.7 Å². The quantitative estimate of drug-likeness (QED) is 0.549. The summed E-state index contributed by atoms with van der Waals surface area (Å²) < 4.78 is 10.5. The highest BCUT2D eigenvalue weighted by Gasteiger charge is 1.99. The minimum atomic E-state index is 0.234. The summed E-state index contributed by atoms with van der Waals surface area (Å²) in [7, 11) is 3.70. The lowest BCUT2D eigenvalue weighted by Gasteiger charge is -2.11. The summed E-state index contributed by atoms with van der Waals surface area (Å²) in [6.45, 7) is 4.73. The molecule has 3 heteroatoms. The second-order valence-corrected chi connectivity index (χ2v) is 3.65. The van der Waals surface area contributed by atoms with Crippen LogP contribution in [0.2, 0.25) is 0 Å². The first-order chi connectivity index (χ1) is 6.81. The van der Waals surface area contributed by atoms with Crippen LogP contribution < -0.4 is 5.32 Å². The molecule has 0 amide bonds. The molecule has 0 rings (SSSR count). The van der Waals surface area contributed by atoms with Crippen LogP contribution in [-0.2, 0) is 9.47 Å². The first kappa shape index (κ1) is 13.9. The monoisotopic (exact) mass is 203 g/mol. The van der Waals surface area contributed by atoms with Gasteiger partial charge in [-0.2, -0.15) is 0 Å². The normalized spacial score (nSPS) is 13.1. The highest BCUT2D eigenvalue weighted by molar-refractivity contribution is 4.48. The van der Waals surface area contributed by atoms with Crippen LogP contribution in [0.15, 0.2) is 0 Å². The Bertz CT molecular complexity index is 109. The number of unbranched alkanes of at least 4 members (excludes halogenated alkanes) is 3. The molecule has 86 valence electrons. The number of rotatable bonds is 10. The molecule has 0 radical (unpaired) electrons. The average Bonchev–Trinajstić information content (AvgIpc) is 2.17. The van der Waals surface area contributed by atoms with Crippen LogP contribution in [0.25, 0.3) is 0 Å². The Balaban J connectivity index is 2.98. The van der Waals surface area contributed by atoms with Gasteiger partial charge in [-0.1, -0.05) is 12.8 Å². The lowest BCUT2D eigenvalue weighted by Crippen LogP contribution is -2.15. The molecule has 0 aromatic heterocycles. The Kier molecular flexibility index (Phi) is 10.9. The summed E-state index contributed by atoms with van der Waals surface area (Å²) in [5.74, 6) is 0. The topological polar surface area (TPSA) is 30.5 Å². The standard InChI is InChI=1S/C11H25NO2/c1-11(10-13-3)14-9-7-5-4-6-8-12-2/h11-12H,4-10H2,1-3H3. The summed E-state index contributed by atoms with van der Waals surface area (Å²) >= 11 is 0. The third-order valence-electron chi connectivity index (χ3n) is 2.12. The highest BCUT2D eigenvalue weighted by atomic mass is 16.5. The summed E-state index contributed by atoms with van der Waals surface area (Å²) in [6.07, 6.45) is 5.23. The molecule has 0 heterocycles. The van der Waals surface area contributed by atoms with E-state index in [1.54, 1.807) is 7.11 Å². The van der Waals surface area contributed by atoms with Crippen molar-refractivity contribution >= 4 is 0 Å². The van der Waals surface area contributed by atoms with Crippen LogP contribution in [0.5, 0.6) is 0 Å². The zero-order valence-corrected chi connectivity index (χ0v) is 9.84. The van der Waals surface area contributed by atoms with Gasteiger partial charge < -0.3 is 14.8 Å². The number of nitrogens with one attached hydrogen (secondary N) is 1. The fourth-order valence-electron chi connectivity index (χ4n) is 1.32. The van der Waals surface area contributed by atoms with E-state index >= 15 is 0 Å². The number of ether oxygens (including phenoxy) is 2. The van der Waals surface area contributed by atoms with E-state index in [1.807, 2.05) is 14.0 Å². The number of hydrogen-bond acceptors (Lipinski definition) is 3. The molecule has 0 aromatic rings. The molecule has 0 spiro atoms. The van der Waals surface area contributed by atoms with Gasteiger partial charge in [0.25, 0.3) is 0 Å². The molecule has 0 fully saturated rings. The fraction of sp³-hybridized carbons (Fsp3) is 1.00. The third kappa shape index (κ3) is 9.96. The van der Waals surface area contributed by atoms with Crippen LogP contribution in [-0.4, -0.2) is 40.0 Å². The van der Waals surface area contributed by atoms with E-state index in [0.717, 1.165) is 19.6 Å². The Morgan fingerprint density at radius 1 is 1.14 bits per heavy atom. The second-order valence-electron chi connectivity index (χ2n) is 3.65. The molecular weight excluding hydrogens is 178 g/mol. The van der Waals surface area contributed by atoms with Crippen LogP contribution in [0.4, 0.5) is 0 Å². The van der Waals surface area contributed by atoms with Crippen molar-refractivity contribution in [2.75, 3.05) is 33.9 Å². The van der Waals surface area contributed by atoms with Crippen molar-refractivity contribution < 1.29 is 9.47 Å². The van der Waals surface area contributed by atoms with E-state index in [2.05, 4.69) is 5.32 Å². The van der Waals surface area contributed by atoms with Crippen molar-refractivity contribution in [1.82, 2.24) is 5.32 Å². The highest BCUT2D eigenvalue weighted by Crippen LogP contribution is 2.01. The fourth-order valence-corrected chi connectivity index (χ4v) is 1.32. The maximum Gasteiger partial charge on any atom is 0.0780 e. The molecule has 0 aliphatic carbocycles. The van der Waals surface area contributed by atoms with Gasteiger partial charge in [-0.05, 0) is 33.4 Å². The zero-order valence-electron chi connectivity index (χ0n) is 9.84. The van der Waals surface area contributed by atoms with Crippen LogP contribution in [0, 0.1) is 0 Å². The van der Waals surface area contributed by atoms with Crippen molar-refractivity contribution in [2.24, 2.45) is 0 Å². The van der Waals surface area contributed by atoms with Crippen LogP contribution in [0.1, 0.15) is 32.6 Å². The predicted molar refractivity (Wildman–Crippen MR) is 59.7 cm³/mol. The van der Waals surface area contributed by atoms with Crippen molar-refractivity contribution in [3.8, 4) is 0 Å². The molecule has 0 saturated heterocycles. The SMILES string of the molecule is CNCCCCCCOC(C)COC. The average molecular weight is 203 g/mol. The summed E-state index contributed by atoms with van der Waals surface area (Å²) in [5.41, 5.74) is 0. The Hall–Kier alpha value is -0.120. The molecule has 0 aliphatic heterocycles. The van der Waals surface area contributed by atoms with Gasteiger partial charge in [0.1, 0.15) is 0 Å². The summed E-state index contributed by atoms with van der Waals surface area (Å²) in [4.78, 5) is 0. The van der Waals surface area contributed by atoms with E-state index in [4.69, 9.17) is 9.47 Å². The first-order valence-electron chi connectivity index (χ1n) is 5.56. The molecule has 0 saturated carbocycles. The Morgan fingerprint density at radius 3 is 2.50 bits per heavy atom. The molecular formula is C11H25NO2. The van der Waals surface area contributed by atoms with Gasteiger partial charge in [-0.15, -0.1) is 0 Å². The summed E-state index contributed by atoms with van der Waals surface area (Å²) in [5, 5.41) is 3.15. The minimum Gasteiger partial charge on any atom is -0.382 e. The maximum absolute atomic E-state index is 5.55. The molecule has 1 N–H and O–H groups in total. The Labute approximate surface area is 88.2 Å². The van der Waals surface area contributed by atoms with Gasteiger partial charge in [0.15, 0.2) is 0 Å². The van der Waals surface area contributed by atoms with E-state index < -0.39 is 0 Å². The first-order valence-corrected chi connectivity index (χ1v) is 5.56. The van der Waals surface area contributed by atoms with Gasteiger partial charge >= 0.3 is 0 Å². The van der Waals surface area contributed by atoms with Gasteiger partial charge in [-0.25, -0.2) is 0 Å². The maximum atomic E-state index is 5.55. The minimum absolute atomic E-state index is 0.234. The Morgan fingerprint density at radius 2 is 1.86 bits per heavy atom. The molecule has 14 heavy (non-hydrogen) atoms. The van der Waals surface area contributed by atoms with Gasteiger partial charge in [-0.3, -0.25) is 0 Å². The van der Waals surface area contributed by atoms with Gasteiger partial charge in [0.05, 0.1) is 12.7 Å².